The summed E-state index contributed by atoms with van der Waals surface area (Å²) in [5.41, 5.74) is 1.13. The zero-order valence-electron chi connectivity index (χ0n) is 10.4. The van der Waals surface area contributed by atoms with E-state index < -0.39 is 0 Å². The van der Waals surface area contributed by atoms with Crippen molar-refractivity contribution >= 4 is 23.5 Å². The number of benzene rings is 1. The fraction of sp³-hybridized carbons (Fsp3) is 0.333. The Hall–Kier alpha value is -1.75. The zero-order valence-corrected chi connectivity index (χ0v) is 11.1. The number of aromatic amines is 1. The molecule has 0 aliphatic carbocycles. The molecule has 0 amide bonds. The second-order valence-electron chi connectivity index (χ2n) is 4.29. The lowest BCUT2D eigenvalue weighted by Gasteiger charge is -2.04. The van der Waals surface area contributed by atoms with Crippen LogP contribution in [0.4, 0.5) is 11.9 Å². The molecule has 0 aliphatic heterocycles. The number of H-pyrrole nitrogens is 1. The first-order valence-electron chi connectivity index (χ1n) is 5.81. The van der Waals surface area contributed by atoms with Gasteiger partial charge >= 0.3 is 0 Å². The summed E-state index contributed by atoms with van der Waals surface area (Å²) < 4.78 is 0. The Balaban J connectivity index is 1.90. The predicted molar refractivity (Wildman–Crippen MR) is 73.9 cm³/mol. The minimum Gasteiger partial charge on any atom is -0.352 e. The monoisotopic (exact) mass is 265 g/mol. The fourth-order valence-corrected chi connectivity index (χ4v) is 1.59. The summed E-state index contributed by atoms with van der Waals surface area (Å²) in [5.74, 6) is 1.25. The maximum absolute atomic E-state index is 5.82. The van der Waals surface area contributed by atoms with E-state index in [9.17, 15) is 0 Å². The Morgan fingerprint density at radius 3 is 2.67 bits per heavy atom. The highest BCUT2D eigenvalue weighted by Crippen LogP contribution is 2.11. The van der Waals surface area contributed by atoms with E-state index in [1.807, 2.05) is 38.1 Å². The molecular weight excluding hydrogens is 250 g/mol. The van der Waals surface area contributed by atoms with Gasteiger partial charge in [0.2, 0.25) is 11.9 Å². The molecule has 2 aromatic rings. The van der Waals surface area contributed by atoms with Crippen LogP contribution in [0.25, 0.3) is 0 Å². The number of hydrogen-bond donors (Lipinski definition) is 3. The number of anilines is 2. The van der Waals surface area contributed by atoms with Crippen LogP contribution in [0.15, 0.2) is 24.3 Å². The molecule has 0 unspecified atom stereocenters. The average molecular weight is 266 g/mol. The molecule has 0 radical (unpaired) electrons. The summed E-state index contributed by atoms with van der Waals surface area (Å²) in [4.78, 5) is 4.27. The minimum atomic E-state index is 0.321. The first-order valence-corrected chi connectivity index (χ1v) is 6.18. The molecule has 1 aromatic carbocycles. The lowest BCUT2D eigenvalue weighted by Crippen LogP contribution is -2.10. The van der Waals surface area contributed by atoms with E-state index in [1.165, 1.54) is 0 Å². The Labute approximate surface area is 111 Å². The molecule has 0 saturated carbocycles. The zero-order chi connectivity index (χ0) is 13.0. The van der Waals surface area contributed by atoms with Gasteiger partial charge in [0.25, 0.3) is 0 Å². The van der Waals surface area contributed by atoms with Gasteiger partial charge < -0.3 is 10.6 Å². The third-order valence-electron chi connectivity index (χ3n) is 2.27. The summed E-state index contributed by atoms with van der Waals surface area (Å²) in [5, 5.41) is 13.9. The van der Waals surface area contributed by atoms with Crippen LogP contribution in [0.2, 0.25) is 5.02 Å². The molecule has 0 atom stereocenters. The van der Waals surface area contributed by atoms with E-state index in [-0.39, 0.29) is 0 Å². The molecule has 0 aliphatic rings. The Morgan fingerprint density at radius 1 is 1.28 bits per heavy atom. The number of halogens is 1. The Kier molecular flexibility index (Phi) is 4.04. The molecule has 0 spiro atoms. The fourth-order valence-electron chi connectivity index (χ4n) is 1.46. The van der Waals surface area contributed by atoms with Crippen molar-refractivity contribution in [3.63, 3.8) is 0 Å². The third-order valence-corrected chi connectivity index (χ3v) is 2.53. The second kappa shape index (κ2) is 5.73. The molecule has 5 nitrogen and oxygen atoms in total. The van der Waals surface area contributed by atoms with Crippen molar-refractivity contribution in [3.05, 3.63) is 34.9 Å². The van der Waals surface area contributed by atoms with Gasteiger partial charge in [-0.15, -0.1) is 5.10 Å². The van der Waals surface area contributed by atoms with Crippen molar-refractivity contribution in [1.29, 1.82) is 0 Å². The maximum Gasteiger partial charge on any atom is 0.243 e. The average Bonchev–Trinajstić information content (AvgIpc) is 2.75. The Morgan fingerprint density at radius 2 is 2.00 bits per heavy atom. The number of rotatable bonds is 5. The summed E-state index contributed by atoms with van der Waals surface area (Å²) in [6.07, 6.45) is 0. The first kappa shape index (κ1) is 12.7. The van der Waals surface area contributed by atoms with Crippen LogP contribution in [0.5, 0.6) is 0 Å². The highest BCUT2D eigenvalue weighted by atomic mass is 35.5. The molecule has 2 rings (SSSR count). The van der Waals surface area contributed by atoms with E-state index in [0.717, 1.165) is 10.6 Å². The lowest BCUT2D eigenvalue weighted by atomic mass is 10.2. The third kappa shape index (κ3) is 3.63. The van der Waals surface area contributed by atoms with Gasteiger partial charge in [-0.05, 0) is 31.5 Å². The van der Waals surface area contributed by atoms with Crippen LogP contribution in [-0.4, -0.2) is 21.2 Å². The van der Waals surface area contributed by atoms with Gasteiger partial charge in [0.15, 0.2) is 0 Å². The van der Waals surface area contributed by atoms with E-state index in [4.69, 9.17) is 11.6 Å². The summed E-state index contributed by atoms with van der Waals surface area (Å²) in [6.45, 7) is 4.75. The van der Waals surface area contributed by atoms with Crippen LogP contribution in [0.1, 0.15) is 19.4 Å². The SMILES string of the molecule is CC(C)Nc1nc(NCc2ccc(Cl)cc2)n[nH]1. The number of aromatic nitrogens is 3. The van der Waals surface area contributed by atoms with E-state index in [2.05, 4.69) is 25.8 Å². The molecule has 1 aromatic heterocycles. The molecular formula is C12H16ClN5. The molecule has 96 valence electrons. The highest BCUT2D eigenvalue weighted by Gasteiger charge is 2.03. The standard InChI is InChI=1S/C12H16ClN5/c1-8(2)15-12-16-11(17-18-12)14-7-9-3-5-10(13)6-4-9/h3-6,8H,7H2,1-2H3,(H3,14,15,16,17,18). The van der Waals surface area contributed by atoms with Crippen molar-refractivity contribution in [2.45, 2.75) is 26.4 Å². The van der Waals surface area contributed by atoms with E-state index in [0.29, 0.717) is 24.5 Å². The molecule has 0 bridgehead atoms. The molecule has 18 heavy (non-hydrogen) atoms. The van der Waals surface area contributed by atoms with Crippen molar-refractivity contribution in [3.8, 4) is 0 Å². The predicted octanol–water partition coefficient (Wildman–Crippen LogP) is 2.89. The summed E-state index contributed by atoms with van der Waals surface area (Å²) >= 11 is 5.82. The van der Waals surface area contributed by atoms with Crippen LogP contribution in [0, 0.1) is 0 Å². The number of nitrogens with one attached hydrogen (secondary N) is 3. The topological polar surface area (TPSA) is 65.6 Å². The first-order chi connectivity index (χ1) is 8.63. The summed E-state index contributed by atoms with van der Waals surface area (Å²) in [6, 6.07) is 7.98. The number of nitrogens with zero attached hydrogens (tertiary/aromatic N) is 2. The smallest absolute Gasteiger partial charge is 0.243 e. The van der Waals surface area contributed by atoms with Crippen molar-refractivity contribution < 1.29 is 0 Å². The van der Waals surface area contributed by atoms with Gasteiger partial charge in [0, 0.05) is 17.6 Å². The number of hydrogen-bond acceptors (Lipinski definition) is 4. The van der Waals surface area contributed by atoms with Crippen LogP contribution >= 0.6 is 11.6 Å². The van der Waals surface area contributed by atoms with E-state index >= 15 is 0 Å². The van der Waals surface area contributed by atoms with Crippen LogP contribution in [0.3, 0.4) is 0 Å². The lowest BCUT2D eigenvalue weighted by molar-refractivity contribution is 0.876. The van der Waals surface area contributed by atoms with Gasteiger partial charge in [-0.3, -0.25) is 0 Å². The van der Waals surface area contributed by atoms with Crippen molar-refractivity contribution in [1.82, 2.24) is 15.2 Å². The highest BCUT2D eigenvalue weighted by molar-refractivity contribution is 6.30. The molecule has 3 N–H and O–H groups in total. The molecule has 0 saturated heterocycles. The summed E-state index contributed by atoms with van der Waals surface area (Å²) in [7, 11) is 0. The van der Waals surface area contributed by atoms with E-state index in [1.54, 1.807) is 0 Å². The van der Waals surface area contributed by atoms with Crippen molar-refractivity contribution in [2.75, 3.05) is 10.6 Å². The van der Waals surface area contributed by atoms with Gasteiger partial charge in [-0.2, -0.15) is 4.98 Å². The van der Waals surface area contributed by atoms with Crippen molar-refractivity contribution in [2.24, 2.45) is 0 Å². The quantitative estimate of drug-likeness (QED) is 0.778. The van der Waals surface area contributed by atoms with Crippen LogP contribution < -0.4 is 10.6 Å². The van der Waals surface area contributed by atoms with Gasteiger partial charge in [0.05, 0.1) is 0 Å². The maximum atomic E-state index is 5.82. The van der Waals surface area contributed by atoms with Gasteiger partial charge in [-0.1, -0.05) is 23.7 Å². The molecule has 1 heterocycles. The minimum absolute atomic E-state index is 0.321. The normalized spacial score (nSPS) is 10.7. The molecule has 6 heteroatoms. The van der Waals surface area contributed by atoms with Crippen LogP contribution in [-0.2, 0) is 6.54 Å². The van der Waals surface area contributed by atoms with Gasteiger partial charge in [-0.25, -0.2) is 5.10 Å². The Bertz CT molecular complexity index is 491. The largest absolute Gasteiger partial charge is 0.352 e. The second-order valence-corrected chi connectivity index (χ2v) is 4.72. The molecule has 0 fully saturated rings. The van der Waals surface area contributed by atoms with Gasteiger partial charge in [0.1, 0.15) is 0 Å².